The number of piperidine rings is 1. The number of carbonyl (C=O) groups excluding carboxylic acids is 3. The lowest BCUT2D eigenvalue weighted by molar-refractivity contribution is -0.121. The van der Waals surface area contributed by atoms with E-state index in [1.165, 1.54) is 18.3 Å². The number of anilines is 1. The average Bonchev–Trinajstić information content (AvgIpc) is 2.94. The summed E-state index contributed by atoms with van der Waals surface area (Å²) in [6.45, 7) is 4.71. The van der Waals surface area contributed by atoms with E-state index in [0.717, 1.165) is 0 Å². The van der Waals surface area contributed by atoms with Crippen LogP contribution in [-0.4, -0.2) is 53.5 Å². The minimum Gasteiger partial charge on any atom is -0.450 e. The van der Waals surface area contributed by atoms with Gasteiger partial charge in [0, 0.05) is 31.4 Å². The van der Waals surface area contributed by atoms with Crippen LogP contribution < -0.4 is 10.6 Å². The fourth-order valence-electron chi connectivity index (χ4n) is 2.46. The molecule has 1 aromatic heterocycles. The van der Waals surface area contributed by atoms with Crippen LogP contribution in [0.1, 0.15) is 32.4 Å². The zero-order valence-electron chi connectivity index (χ0n) is 13.8. The number of hydrogen-bond acceptors (Lipinski definition) is 6. The third-order valence-electron chi connectivity index (χ3n) is 3.56. The smallest absolute Gasteiger partial charge is 0.409 e. The van der Waals surface area contributed by atoms with Crippen LogP contribution in [0.15, 0.2) is 5.38 Å². The number of hydrogen-bond donors (Lipinski definition) is 2. The first-order valence-electron chi connectivity index (χ1n) is 7.91. The summed E-state index contributed by atoms with van der Waals surface area (Å²) in [5.41, 5.74) is 0.630. The second-order valence-corrected chi connectivity index (χ2v) is 6.39. The van der Waals surface area contributed by atoms with Crippen molar-refractivity contribution in [1.82, 2.24) is 15.2 Å². The molecule has 0 atom stereocenters. The van der Waals surface area contributed by atoms with Crippen LogP contribution in [-0.2, 0) is 20.7 Å². The molecule has 132 valence electrons. The van der Waals surface area contributed by atoms with E-state index in [1.54, 1.807) is 17.2 Å². The molecule has 0 bridgehead atoms. The molecule has 24 heavy (non-hydrogen) atoms. The van der Waals surface area contributed by atoms with Gasteiger partial charge in [-0.25, -0.2) is 9.78 Å². The van der Waals surface area contributed by atoms with E-state index in [2.05, 4.69) is 15.6 Å². The number of rotatable bonds is 5. The topological polar surface area (TPSA) is 101 Å². The molecule has 0 radical (unpaired) electrons. The van der Waals surface area contributed by atoms with Crippen molar-refractivity contribution >= 4 is 34.4 Å². The first-order chi connectivity index (χ1) is 11.5. The Hall–Kier alpha value is -2.16. The van der Waals surface area contributed by atoms with Crippen molar-refractivity contribution in [1.29, 1.82) is 0 Å². The van der Waals surface area contributed by atoms with E-state index < -0.39 is 0 Å². The third-order valence-corrected chi connectivity index (χ3v) is 4.37. The summed E-state index contributed by atoms with van der Waals surface area (Å²) in [5, 5.41) is 7.81. The van der Waals surface area contributed by atoms with Gasteiger partial charge in [-0.15, -0.1) is 11.3 Å². The molecule has 1 aromatic rings. The fourth-order valence-corrected chi connectivity index (χ4v) is 3.22. The van der Waals surface area contributed by atoms with E-state index in [-0.39, 0.29) is 30.4 Å². The van der Waals surface area contributed by atoms with Gasteiger partial charge in [-0.3, -0.25) is 9.59 Å². The van der Waals surface area contributed by atoms with Crippen LogP contribution in [0.2, 0.25) is 0 Å². The van der Waals surface area contributed by atoms with Crippen molar-refractivity contribution in [2.75, 3.05) is 25.0 Å². The van der Waals surface area contributed by atoms with Gasteiger partial charge in [0.2, 0.25) is 11.8 Å². The number of amides is 3. The van der Waals surface area contributed by atoms with Crippen LogP contribution in [0.3, 0.4) is 0 Å². The molecule has 1 aliphatic rings. The van der Waals surface area contributed by atoms with E-state index in [0.29, 0.717) is 43.4 Å². The number of ether oxygens (including phenoxy) is 1. The second-order valence-electron chi connectivity index (χ2n) is 5.53. The Kier molecular flexibility index (Phi) is 6.53. The highest BCUT2D eigenvalue weighted by atomic mass is 32.1. The van der Waals surface area contributed by atoms with Gasteiger partial charge in [-0.05, 0) is 19.8 Å². The van der Waals surface area contributed by atoms with Gasteiger partial charge >= 0.3 is 6.09 Å². The summed E-state index contributed by atoms with van der Waals surface area (Å²) in [7, 11) is 0. The molecular weight excluding hydrogens is 332 g/mol. The SMILES string of the molecule is CCOC(=O)N1CCC(NC(=O)Cc2csc(NC(C)=O)n2)CC1. The molecule has 1 fully saturated rings. The highest BCUT2D eigenvalue weighted by Crippen LogP contribution is 2.16. The number of aromatic nitrogens is 1. The van der Waals surface area contributed by atoms with Crippen LogP contribution in [0.5, 0.6) is 0 Å². The molecule has 2 heterocycles. The molecule has 2 rings (SSSR count). The van der Waals surface area contributed by atoms with Gasteiger partial charge < -0.3 is 20.3 Å². The first-order valence-corrected chi connectivity index (χ1v) is 8.79. The Bertz CT molecular complexity index is 596. The Balaban J connectivity index is 1.74. The molecule has 9 heteroatoms. The van der Waals surface area contributed by atoms with Crippen LogP contribution in [0.25, 0.3) is 0 Å². The monoisotopic (exact) mass is 354 g/mol. The lowest BCUT2D eigenvalue weighted by Gasteiger charge is -2.31. The number of likely N-dealkylation sites (tertiary alicyclic amines) is 1. The Morgan fingerprint density at radius 3 is 2.71 bits per heavy atom. The van der Waals surface area contributed by atoms with E-state index >= 15 is 0 Å². The average molecular weight is 354 g/mol. The zero-order chi connectivity index (χ0) is 17.5. The van der Waals surface area contributed by atoms with Gasteiger partial charge in [0.1, 0.15) is 0 Å². The van der Waals surface area contributed by atoms with Gasteiger partial charge in [0.15, 0.2) is 5.13 Å². The molecule has 0 aromatic carbocycles. The number of thiazole rings is 1. The van der Waals surface area contributed by atoms with Crippen molar-refractivity contribution in [3.05, 3.63) is 11.1 Å². The van der Waals surface area contributed by atoms with Crippen LogP contribution in [0.4, 0.5) is 9.93 Å². The van der Waals surface area contributed by atoms with Gasteiger partial charge in [0.25, 0.3) is 0 Å². The standard InChI is InChI=1S/C15H22N4O4S/c1-3-23-15(22)19-6-4-11(5-7-19)17-13(21)8-12-9-24-14(18-12)16-10(2)20/h9,11H,3-8H2,1-2H3,(H,17,21)(H,16,18,20). The molecule has 3 amide bonds. The maximum atomic E-state index is 12.1. The number of carbonyl (C=O) groups is 3. The van der Waals surface area contributed by atoms with Crippen LogP contribution in [0, 0.1) is 0 Å². The zero-order valence-corrected chi connectivity index (χ0v) is 14.6. The molecule has 0 aliphatic carbocycles. The third kappa shape index (κ3) is 5.48. The predicted octanol–water partition coefficient (Wildman–Crippen LogP) is 1.38. The summed E-state index contributed by atoms with van der Waals surface area (Å²) < 4.78 is 4.97. The quantitative estimate of drug-likeness (QED) is 0.832. The van der Waals surface area contributed by atoms with Crippen LogP contribution >= 0.6 is 11.3 Å². The summed E-state index contributed by atoms with van der Waals surface area (Å²) in [6.07, 6.45) is 1.29. The largest absolute Gasteiger partial charge is 0.450 e. The summed E-state index contributed by atoms with van der Waals surface area (Å²) in [6, 6.07) is 0.0524. The lowest BCUT2D eigenvalue weighted by atomic mass is 10.1. The van der Waals surface area contributed by atoms with Crippen molar-refractivity contribution in [2.24, 2.45) is 0 Å². The summed E-state index contributed by atoms with van der Waals surface area (Å²) in [5.74, 6) is -0.294. The Morgan fingerprint density at radius 1 is 1.38 bits per heavy atom. The molecule has 0 unspecified atom stereocenters. The molecule has 2 N–H and O–H groups in total. The van der Waals surface area contributed by atoms with Crippen molar-refractivity contribution in [2.45, 2.75) is 39.2 Å². The number of nitrogens with zero attached hydrogens (tertiary/aromatic N) is 2. The maximum Gasteiger partial charge on any atom is 0.409 e. The van der Waals surface area contributed by atoms with Crippen molar-refractivity contribution < 1.29 is 19.1 Å². The van der Waals surface area contributed by atoms with E-state index in [9.17, 15) is 14.4 Å². The molecular formula is C15H22N4O4S. The van der Waals surface area contributed by atoms with Gasteiger partial charge in [-0.1, -0.05) is 0 Å². The fraction of sp³-hybridized carbons (Fsp3) is 0.600. The van der Waals surface area contributed by atoms with E-state index in [1.807, 2.05) is 0 Å². The second kappa shape index (κ2) is 8.62. The van der Waals surface area contributed by atoms with Gasteiger partial charge in [-0.2, -0.15) is 0 Å². The van der Waals surface area contributed by atoms with Crippen molar-refractivity contribution in [3.8, 4) is 0 Å². The normalized spacial score (nSPS) is 15.0. The first kappa shape index (κ1) is 18.2. The lowest BCUT2D eigenvalue weighted by Crippen LogP contribution is -2.47. The minimum atomic E-state index is -0.296. The summed E-state index contributed by atoms with van der Waals surface area (Å²) in [4.78, 5) is 40.5. The van der Waals surface area contributed by atoms with E-state index in [4.69, 9.17) is 4.74 Å². The molecule has 8 nitrogen and oxygen atoms in total. The molecule has 0 spiro atoms. The maximum absolute atomic E-state index is 12.1. The predicted molar refractivity (Wildman–Crippen MR) is 89.9 cm³/mol. The number of nitrogens with one attached hydrogen (secondary N) is 2. The Labute approximate surface area is 144 Å². The molecule has 1 saturated heterocycles. The highest BCUT2D eigenvalue weighted by molar-refractivity contribution is 7.13. The molecule has 1 aliphatic heterocycles. The summed E-state index contributed by atoms with van der Waals surface area (Å²) >= 11 is 1.29. The van der Waals surface area contributed by atoms with Crippen molar-refractivity contribution in [3.63, 3.8) is 0 Å². The highest BCUT2D eigenvalue weighted by Gasteiger charge is 2.24. The minimum absolute atomic E-state index is 0.0524. The van der Waals surface area contributed by atoms with Gasteiger partial charge in [0.05, 0.1) is 18.7 Å². The molecule has 0 saturated carbocycles. The Morgan fingerprint density at radius 2 is 2.08 bits per heavy atom.